The average Bonchev–Trinajstić information content (AvgIpc) is 2.63. The number of hydrogen-bond acceptors (Lipinski definition) is 4. The molecule has 0 saturated carbocycles. The van der Waals surface area contributed by atoms with Crippen molar-refractivity contribution < 1.29 is 14.3 Å². The standard InChI is InChI=1S/C20H21N3O3/c1-14-7-6-9-17(15(14)2)22-19(24)12-23(3)20(25)13-26-18-10-5-4-8-16(18)11-21/h4-10H,12-13H2,1-3H3,(H,22,24). The number of carbonyl (C=O) groups is 2. The van der Waals surface area contributed by atoms with E-state index in [0.29, 0.717) is 11.3 Å². The Bertz CT molecular complexity index is 856. The first kappa shape index (κ1) is 19.0. The number of para-hydroxylation sites is 1. The summed E-state index contributed by atoms with van der Waals surface area (Å²) in [6, 6.07) is 14.3. The topological polar surface area (TPSA) is 82.4 Å². The molecule has 0 spiro atoms. The largest absolute Gasteiger partial charge is 0.482 e. The van der Waals surface area contributed by atoms with Gasteiger partial charge in [0.2, 0.25) is 5.91 Å². The van der Waals surface area contributed by atoms with Crippen LogP contribution in [0.1, 0.15) is 16.7 Å². The number of rotatable bonds is 6. The van der Waals surface area contributed by atoms with Crippen LogP contribution in [-0.2, 0) is 9.59 Å². The van der Waals surface area contributed by atoms with Crippen LogP contribution in [0.4, 0.5) is 5.69 Å². The zero-order chi connectivity index (χ0) is 19.1. The number of carbonyl (C=O) groups excluding carboxylic acids is 2. The molecule has 0 aliphatic carbocycles. The summed E-state index contributed by atoms with van der Waals surface area (Å²) in [6.07, 6.45) is 0. The molecule has 0 heterocycles. The molecule has 0 aliphatic heterocycles. The Balaban J connectivity index is 1.89. The fraction of sp³-hybridized carbons (Fsp3) is 0.250. The first-order chi connectivity index (χ1) is 12.4. The van der Waals surface area contributed by atoms with Crippen molar-refractivity contribution in [2.24, 2.45) is 0 Å². The predicted octanol–water partition coefficient (Wildman–Crippen LogP) is 2.65. The van der Waals surface area contributed by atoms with Crippen molar-refractivity contribution in [3.63, 3.8) is 0 Å². The van der Waals surface area contributed by atoms with Crippen LogP contribution in [0.15, 0.2) is 42.5 Å². The number of ether oxygens (including phenoxy) is 1. The summed E-state index contributed by atoms with van der Waals surface area (Å²) >= 11 is 0. The second-order valence-electron chi connectivity index (χ2n) is 5.94. The van der Waals surface area contributed by atoms with E-state index in [1.165, 1.54) is 11.9 Å². The summed E-state index contributed by atoms with van der Waals surface area (Å²) in [5.74, 6) is -0.294. The molecule has 2 aromatic carbocycles. The van der Waals surface area contributed by atoms with Crippen LogP contribution >= 0.6 is 0 Å². The Kier molecular flexibility index (Phi) is 6.34. The van der Waals surface area contributed by atoms with Gasteiger partial charge in [0, 0.05) is 12.7 Å². The molecule has 134 valence electrons. The quantitative estimate of drug-likeness (QED) is 0.867. The van der Waals surface area contributed by atoms with Gasteiger partial charge >= 0.3 is 0 Å². The SMILES string of the molecule is Cc1cccc(NC(=O)CN(C)C(=O)COc2ccccc2C#N)c1C. The Morgan fingerprint density at radius 3 is 2.62 bits per heavy atom. The lowest BCUT2D eigenvalue weighted by molar-refractivity contribution is -0.135. The number of anilines is 1. The van der Waals surface area contributed by atoms with Crippen molar-refractivity contribution in [1.29, 1.82) is 5.26 Å². The number of benzene rings is 2. The molecule has 6 nitrogen and oxygen atoms in total. The molecule has 26 heavy (non-hydrogen) atoms. The summed E-state index contributed by atoms with van der Waals surface area (Å²) in [7, 11) is 1.53. The summed E-state index contributed by atoms with van der Waals surface area (Å²) < 4.78 is 5.40. The molecule has 0 aliphatic rings. The van der Waals surface area contributed by atoms with Crippen LogP contribution in [-0.4, -0.2) is 36.9 Å². The number of nitrogens with zero attached hydrogens (tertiary/aromatic N) is 2. The number of amides is 2. The molecule has 2 aromatic rings. The number of nitrogens with one attached hydrogen (secondary N) is 1. The molecule has 0 bridgehead atoms. The number of likely N-dealkylation sites (N-methyl/N-ethyl adjacent to an activating group) is 1. The zero-order valence-electron chi connectivity index (χ0n) is 15.1. The minimum atomic E-state index is -0.353. The predicted molar refractivity (Wildman–Crippen MR) is 98.8 cm³/mol. The fourth-order valence-electron chi connectivity index (χ4n) is 2.31. The Morgan fingerprint density at radius 2 is 1.88 bits per heavy atom. The first-order valence-electron chi connectivity index (χ1n) is 8.14. The summed E-state index contributed by atoms with van der Waals surface area (Å²) in [5, 5.41) is 11.8. The van der Waals surface area contributed by atoms with E-state index < -0.39 is 0 Å². The molecule has 0 unspecified atom stereocenters. The summed E-state index contributed by atoms with van der Waals surface area (Å²) in [5.41, 5.74) is 3.16. The van der Waals surface area contributed by atoms with E-state index in [1.54, 1.807) is 24.3 Å². The van der Waals surface area contributed by atoms with Gasteiger partial charge in [-0.2, -0.15) is 5.26 Å². The van der Waals surface area contributed by atoms with E-state index in [1.807, 2.05) is 38.1 Å². The van der Waals surface area contributed by atoms with Gasteiger partial charge in [-0.15, -0.1) is 0 Å². The lowest BCUT2D eigenvalue weighted by atomic mass is 10.1. The molecular weight excluding hydrogens is 330 g/mol. The molecule has 0 radical (unpaired) electrons. The van der Waals surface area contributed by atoms with Gasteiger partial charge in [0.05, 0.1) is 12.1 Å². The van der Waals surface area contributed by atoms with Crippen molar-refractivity contribution in [2.45, 2.75) is 13.8 Å². The summed E-state index contributed by atoms with van der Waals surface area (Å²) in [6.45, 7) is 3.57. The first-order valence-corrected chi connectivity index (χ1v) is 8.14. The number of hydrogen-bond donors (Lipinski definition) is 1. The lowest BCUT2D eigenvalue weighted by Crippen LogP contribution is -2.37. The van der Waals surface area contributed by atoms with Gasteiger partial charge in [-0.25, -0.2) is 0 Å². The van der Waals surface area contributed by atoms with Crippen LogP contribution in [0, 0.1) is 25.2 Å². The molecule has 6 heteroatoms. The zero-order valence-corrected chi connectivity index (χ0v) is 15.1. The third-order valence-corrected chi connectivity index (χ3v) is 4.04. The monoisotopic (exact) mass is 351 g/mol. The smallest absolute Gasteiger partial charge is 0.260 e. The molecule has 0 aromatic heterocycles. The van der Waals surface area contributed by atoms with Crippen molar-refractivity contribution in [2.75, 3.05) is 25.5 Å². The highest BCUT2D eigenvalue weighted by atomic mass is 16.5. The number of nitriles is 1. The second-order valence-corrected chi connectivity index (χ2v) is 5.94. The highest BCUT2D eigenvalue weighted by Crippen LogP contribution is 2.18. The van der Waals surface area contributed by atoms with Gasteiger partial charge in [0.1, 0.15) is 11.8 Å². The highest BCUT2D eigenvalue weighted by molar-refractivity contribution is 5.95. The van der Waals surface area contributed by atoms with Crippen molar-refractivity contribution in [3.8, 4) is 11.8 Å². The van der Waals surface area contributed by atoms with E-state index in [0.717, 1.165) is 16.8 Å². The maximum atomic E-state index is 12.2. The number of aryl methyl sites for hydroxylation is 1. The van der Waals surface area contributed by atoms with Crippen molar-refractivity contribution in [3.05, 3.63) is 59.2 Å². The third-order valence-electron chi connectivity index (χ3n) is 4.04. The van der Waals surface area contributed by atoms with Crippen LogP contribution in [0.2, 0.25) is 0 Å². The molecule has 1 N–H and O–H groups in total. The van der Waals surface area contributed by atoms with Gasteiger partial charge in [0.15, 0.2) is 6.61 Å². The normalized spacial score (nSPS) is 9.92. The van der Waals surface area contributed by atoms with Gasteiger partial charge in [-0.3, -0.25) is 9.59 Å². The van der Waals surface area contributed by atoms with Crippen molar-refractivity contribution in [1.82, 2.24) is 4.90 Å². The molecule has 2 amide bonds. The third kappa shape index (κ3) is 4.84. The van der Waals surface area contributed by atoms with Gasteiger partial charge in [-0.05, 0) is 43.2 Å². The van der Waals surface area contributed by atoms with E-state index in [-0.39, 0.29) is 25.0 Å². The maximum absolute atomic E-state index is 12.2. The minimum absolute atomic E-state index is 0.0878. The molecular formula is C20H21N3O3. The van der Waals surface area contributed by atoms with Gasteiger partial charge in [0.25, 0.3) is 5.91 Å². The second kappa shape index (κ2) is 8.67. The van der Waals surface area contributed by atoms with E-state index in [2.05, 4.69) is 5.32 Å². The van der Waals surface area contributed by atoms with Crippen LogP contribution in [0.5, 0.6) is 5.75 Å². The molecule has 2 rings (SSSR count). The van der Waals surface area contributed by atoms with Crippen LogP contribution < -0.4 is 10.1 Å². The maximum Gasteiger partial charge on any atom is 0.260 e. The van der Waals surface area contributed by atoms with Gasteiger partial charge in [-0.1, -0.05) is 24.3 Å². The van der Waals surface area contributed by atoms with E-state index >= 15 is 0 Å². The van der Waals surface area contributed by atoms with Crippen LogP contribution in [0.3, 0.4) is 0 Å². The van der Waals surface area contributed by atoms with Crippen LogP contribution in [0.25, 0.3) is 0 Å². The lowest BCUT2D eigenvalue weighted by Gasteiger charge is -2.18. The Morgan fingerprint density at radius 1 is 1.15 bits per heavy atom. The Hall–Kier alpha value is -3.33. The molecule has 0 saturated heterocycles. The molecule has 0 atom stereocenters. The van der Waals surface area contributed by atoms with E-state index in [9.17, 15) is 9.59 Å². The minimum Gasteiger partial charge on any atom is -0.482 e. The molecule has 0 fully saturated rings. The highest BCUT2D eigenvalue weighted by Gasteiger charge is 2.15. The average molecular weight is 351 g/mol. The van der Waals surface area contributed by atoms with Crippen molar-refractivity contribution >= 4 is 17.5 Å². The summed E-state index contributed by atoms with van der Waals surface area (Å²) in [4.78, 5) is 25.6. The fourth-order valence-corrected chi connectivity index (χ4v) is 2.31. The Labute approximate surface area is 153 Å². The van der Waals surface area contributed by atoms with Gasteiger partial charge < -0.3 is 15.0 Å². The van der Waals surface area contributed by atoms with E-state index in [4.69, 9.17) is 10.00 Å².